The lowest BCUT2D eigenvalue weighted by Gasteiger charge is -2.36. The summed E-state index contributed by atoms with van der Waals surface area (Å²) in [5.41, 5.74) is -3.02. The molecule has 1 aliphatic heterocycles. The third kappa shape index (κ3) is 2.11. The largest absolute Gasteiger partial charge is 0.385 e. The van der Waals surface area contributed by atoms with E-state index in [1.807, 2.05) is 13.8 Å². The van der Waals surface area contributed by atoms with Crippen molar-refractivity contribution in [2.45, 2.75) is 38.7 Å². The maximum absolute atomic E-state index is 11.9. The third-order valence-corrected chi connectivity index (χ3v) is 4.31. The van der Waals surface area contributed by atoms with Crippen LogP contribution in [0.3, 0.4) is 0 Å². The van der Waals surface area contributed by atoms with Crippen LogP contribution in [0.1, 0.15) is 27.0 Å². The van der Waals surface area contributed by atoms with Gasteiger partial charge in [-0.15, -0.1) is 0 Å². The number of aliphatic hydroxyl groups is 1. The second-order valence-corrected chi connectivity index (χ2v) is 5.82. The second-order valence-electron chi connectivity index (χ2n) is 5.82. The summed E-state index contributed by atoms with van der Waals surface area (Å²) in [6, 6.07) is 1.22. The summed E-state index contributed by atoms with van der Waals surface area (Å²) in [4.78, 5) is 25.2. The highest BCUT2D eigenvalue weighted by molar-refractivity contribution is 5.05. The minimum atomic E-state index is -1.29. The first kappa shape index (κ1) is 15.0. The van der Waals surface area contributed by atoms with Crippen molar-refractivity contribution >= 4 is 0 Å². The fourth-order valence-electron chi connectivity index (χ4n) is 2.45. The minimum absolute atomic E-state index is 0.303. The Kier molecular flexibility index (Phi) is 3.62. The van der Waals surface area contributed by atoms with Crippen LogP contribution in [-0.2, 0) is 9.47 Å². The van der Waals surface area contributed by atoms with E-state index in [1.165, 1.54) is 16.8 Å². The summed E-state index contributed by atoms with van der Waals surface area (Å²) in [6.07, 6.45) is 0.0688. The molecule has 0 spiro atoms. The van der Waals surface area contributed by atoms with Crippen molar-refractivity contribution in [3.8, 4) is 0 Å². The molecule has 0 bridgehead atoms. The monoisotopic (exact) mass is 284 g/mol. The van der Waals surface area contributed by atoms with Crippen LogP contribution < -0.4 is 11.2 Å². The number of hydrogen-bond acceptors (Lipinski definition) is 5. The number of methoxy groups -OCH3 is 1. The van der Waals surface area contributed by atoms with Crippen LogP contribution in [0, 0.1) is 5.41 Å². The Hall–Kier alpha value is -1.44. The predicted octanol–water partition coefficient (Wildman–Crippen LogP) is -0.142. The van der Waals surface area contributed by atoms with E-state index in [4.69, 9.17) is 9.47 Å². The Morgan fingerprint density at radius 1 is 1.45 bits per heavy atom. The molecular formula is C13H20N2O5. The number of aromatic nitrogens is 2. The van der Waals surface area contributed by atoms with Gasteiger partial charge in [0.25, 0.3) is 5.56 Å². The van der Waals surface area contributed by atoms with Gasteiger partial charge in [-0.25, -0.2) is 4.79 Å². The molecule has 1 fully saturated rings. The minimum Gasteiger partial charge on any atom is -0.385 e. The standard InChI is InChI=1S/C13H20N2O5/c1-12(2)8(7-19-4)20-10(13(12,3)18)15-6-5-9(16)14-11(15)17/h5-6,8,10,18H,7H2,1-4H3,(H,14,16,17)/t8-,10-,13+/m1/s1. The van der Waals surface area contributed by atoms with E-state index in [9.17, 15) is 14.7 Å². The van der Waals surface area contributed by atoms with E-state index >= 15 is 0 Å². The molecule has 0 amide bonds. The van der Waals surface area contributed by atoms with Gasteiger partial charge in [0.1, 0.15) is 5.60 Å². The number of H-pyrrole nitrogens is 1. The molecule has 20 heavy (non-hydrogen) atoms. The summed E-state index contributed by atoms with van der Waals surface area (Å²) in [5.74, 6) is 0. The summed E-state index contributed by atoms with van der Waals surface area (Å²) in [5, 5.41) is 10.8. The van der Waals surface area contributed by atoms with E-state index in [2.05, 4.69) is 4.98 Å². The van der Waals surface area contributed by atoms with Crippen LogP contribution in [-0.4, -0.2) is 40.1 Å². The van der Waals surface area contributed by atoms with Gasteiger partial charge in [-0.3, -0.25) is 14.3 Å². The molecule has 2 N–H and O–H groups in total. The molecule has 0 saturated carbocycles. The fourth-order valence-corrected chi connectivity index (χ4v) is 2.45. The first-order valence-electron chi connectivity index (χ1n) is 6.40. The van der Waals surface area contributed by atoms with Gasteiger partial charge in [0.05, 0.1) is 12.7 Å². The van der Waals surface area contributed by atoms with Crippen LogP contribution in [0.25, 0.3) is 0 Å². The highest BCUT2D eigenvalue weighted by Gasteiger charge is 2.59. The molecule has 112 valence electrons. The van der Waals surface area contributed by atoms with Gasteiger partial charge in [0.2, 0.25) is 0 Å². The molecule has 0 radical (unpaired) electrons. The molecule has 2 rings (SSSR count). The maximum atomic E-state index is 11.9. The zero-order chi connectivity index (χ0) is 15.1. The van der Waals surface area contributed by atoms with E-state index in [0.29, 0.717) is 6.61 Å². The second kappa shape index (κ2) is 4.83. The number of hydrogen-bond donors (Lipinski definition) is 2. The van der Waals surface area contributed by atoms with Crippen molar-refractivity contribution in [1.29, 1.82) is 0 Å². The van der Waals surface area contributed by atoms with Crippen LogP contribution >= 0.6 is 0 Å². The number of aromatic amines is 1. The zero-order valence-corrected chi connectivity index (χ0v) is 12.0. The van der Waals surface area contributed by atoms with E-state index in [0.717, 1.165) is 0 Å². The Morgan fingerprint density at radius 2 is 2.10 bits per heavy atom. The molecule has 0 aromatic carbocycles. The summed E-state index contributed by atoms with van der Waals surface area (Å²) in [7, 11) is 1.55. The Labute approximate surface area is 116 Å². The maximum Gasteiger partial charge on any atom is 0.330 e. The Balaban J connectivity index is 2.47. The normalized spacial score (nSPS) is 32.5. The summed E-state index contributed by atoms with van der Waals surface area (Å²) < 4.78 is 12.1. The predicted molar refractivity (Wildman–Crippen MR) is 71.5 cm³/mol. The molecule has 1 saturated heterocycles. The van der Waals surface area contributed by atoms with E-state index in [-0.39, 0.29) is 6.10 Å². The van der Waals surface area contributed by atoms with E-state index < -0.39 is 28.5 Å². The average molecular weight is 284 g/mol. The molecule has 1 aromatic heterocycles. The lowest BCUT2D eigenvalue weighted by molar-refractivity contribution is -0.0988. The van der Waals surface area contributed by atoms with Gasteiger partial charge in [-0.2, -0.15) is 0 Å². The fraction of sp³-hybridized carbons (Fsp3) is 0.692. The number of rotatable bonds is 3. The van der Waals surface area contributed by atoms with Crippen molar-refractivity contribution in [2.75, 3.05) is 13.7 Å². The third-order valence-electron chi connectivity index (χ3n) is 4.31. The molecule has 7 heteroatoms. The summed E-state index contributed by atoms with van der Waals surface area (Å²) in [6.45, 7) is 5.63. The lowest BCUT2D eigenvalue weighted by Crippen LogP contribution is -2.48. The van der Waals surface area contributed by atoms with Crippen molar-refractivity contribution < 1.29 is 14.6 Å². The SMILES string of the molecule is COC[C@H]1O[C@@H](n2ccc(=O)[nH]c2=O)[C@](C)(O)C1(C)C. The lowest BCUT2D eigenvalue weighted by atomic mass is 9.73. The van der Waals surface area contributed by atoms with Gasteiger partial charge in [-0.05, 0) is 6.92 Å². The van der Waals surface area contributed by atoms with Crippen LogP contribution in [0.4, 0.5) is 0 Å². The average Bonchev–Trinajstić information content (AvgIpc) is 2.50. The molecule has 3 atom stereocenters. The van der Waals surface area contributed by atoms with Gasteiger partial charge < -0.3 is 14.6 Å². The smallest absolute Gasteiger partial charge is 0.330 e. The highest BCUT2D eigenvalue weighted by atomic mass is 16.6. The number of nitrogens with zero attached hydrogens (tertiary/aromatic N) is 1. The van der Waals surface area contributed by atoms with Gasteiger partial charge in [0.15, 0.2) is 6.23 Å². The van der Waals surface area contributed by atoms with Crippen LogP contribution in [0.2, 0.25) is 0 Å². The van der Waals surface area contributed by atoms with Crippen molar-refractivity contribution in [2.24, 2.45) is 5.41 Å². The van der Waals surface area contributed by atoms with Gasteiger partial charge in [0, 0.05) is 24.8 Å². The molecule has 1 aliphatic rings. The quantitative estimate of drug-likeness (QED) is 0.805. The Bertz CT molecular complexity index is 601. The topological polar surface area (TPSA) is 93.5 Å². The first-order valence-corrected chi connectivity index (χ1v) is 6.40. The first-order chi connectivity index (χ1) is 9.21. The Morgan fingerprint density at radius 3 is 2.65 bits per heavy atom. The molecule has 0 aliphatic carbocycles. The highest BCUT2D eigenvalue weighted by Crippen LogP contribution is 2.50. The molecule has 7 nitrogen and oxygen atoms in total. The van der Waals surface area contributed by atoms with Gasteiger partial charge >= 0.3 is 5.69 Å². The zero-order valence-electron chi connectivity index (χ0n) is 12.0. The number of nitrogens with one attached hydrogen (secondary N) is 1. The molecule has 0 unspecified atom stereocenters. The van der Waals surface area contributed by atoms with Crippen molar-refractivity contribution in [1.82, 2.24) is 9.55 Å². The van der Waals surface area contributed by atoms with Crippen LogP contribution in [0.15, 0.2) is 21.9 Å². The van der Waals surface area contributed by atoms with Gasteiger partial charge in [-0.1, -0.05) is 13.8 Å². The molecule has 1 aromatic rings. The van der Waals surface area contributed by atoms with Crippen LogP contribution in [0.5, 0.6) is 0 Å². The van der Waals surface area contributed by atoms with Crippen molar-refractivity contribution in [3.63, 3.8) is 0 Å². The van der Waals surface area contributed by atoms with Crippen molar-refractivity contribution in [3.05, 3.63) is 33.1 Å². The van der Waals surface area contributed by atoms with E-state index in [1.54, 1.807) is 14.0 Å². The summed E-state index contributed by atoms with van der Waals surface area (Å²) >= 11 is 0. The molecule has 2 heterocycles. The molecular weight excluding hydrogens is 264 g/mol. The number of ether oxygens (including phenoxy) is 2.